The van der Waals surface area contributed by atoms with Gasteiger partial charge in [-0.15, -0.1) is 11.3 Å². The SMILES string of the molecule is Cc1nc(Cl)cc2nc(Br)sc12. The Morgan fingerprint density at radius 1 is 1.50 bits per heavy atom. The van der Waals surface area contributed by atoms with Crippen molar-refractivity contribution in [3.8, 4) is 0 Å². The number of rotatable bonds is 0. The van der Waals surface area contributed by atoms with Crippen LogP contribution in [0.4, 0.5) is 0 Å². The van der Waals surface area contributed by atoms with Crippen LogP contribution in [0.15, 0.2) is 9.98 Å². The second kappa shape index (κ2) is 2.94. The maximum absolute atomic E-state index is 5.77. The Bertz CT molecular complexity index is 440. The van der Waals surface area contributed by atoms with E-state index in [1.807, 2.05) is 6.92 Å². The molecule has 5 heteroatoms. The Labute approximate surface area is 86.7 Å². The van der Waals surface area contributed by atoms with Crippen LogP contribution in [0.5, 0.6) is 0 Å². The molecule has 2 rings (SSSR count). The number of halogens is 2. The number of pyridine rings is 1. The summed E-state index contributed by atoms with van der Waals surface area (Å²) in [5.41, 5.74) is 1.84. The number of hydrogen-bond acceptors (Lipinski definition) is 3. The van der Waals surface area contributed by atoms with Gasteiger partial charge in [-0.1, -0.05) is 11.6 Å². The summed E-state index contributed by atoms with van der Waals surface area (Å²) in [6.07, 6.45) is 0. The molecule has 2 nitrogen and oxygen atoms in total. The summed E-state index contributed by atoms with van der Waals surface area (Å²) in [6.45, 7) is 1.93. The first kappa shape index (κ1) is 8.41. The maximum Gasteiger partial charge on any atom is 0.160 e. The summed E-state index contributed by atoms with van der Waals surface area (Å²) in [5.74, 6) is 0. The fraction of sp³-hybridized carbons (Fsp3) is 0.143. The summed E-state index contributed by atoms with van der Waals surface area (Å²) in [4.78, 5) is 8.38. The molecule has 0 saturated carbocycles. The van der Waals surface area contributed by atoms with Crippen molar-refractivity contribution in [2.24, 2.45) is 0 Å². The van der Waals surface area contributed by atoms with Crippen molar-refractivity contribution in [3.05, 3.63) is 20.8 Å². The smallest absolute Gasteiger partial charge is 0.160 e. The normalized spacial score (nSPS) is 10.9. The average molecular weight is 264 g/mol. The van der Waals surface area contributed by atoms with Gasteiger partial charge in [0.2, 0.25) is 0 Å². The van der Waals surface area contributed by atoms with Gasteiger partial charge in [0.25, 0.3) is 0 Å². The lowest BCUT2D eigenvalue weighted by Crippen LogP contribution is -1.81. The van der Waals surface area contributed by atoms with Crippen molar-refractivity contribution in [3.63, 3.8) is 0 Å². The lowest BCUT2D eigenvalue weighted by atomic mass is 10.3. The molecule has 0 aromatic carbocycles. The van der Waals surface area contributed by atoms with Crippen LogP contribution < -0.4 is 0 Å². The molecule has 2 aromatic heterocycles. The summed E-state index contributed by atoms with van der Waals surface area (Å²) >= 11 is 10.7. The van der Waals surface area contributed by atoms with E-state index in [2.05, 4.69) is 25.9 Å². The van der Waals surface area contributed by atoms with Crippen molar-refractivity contribution in [1.29, 1.82) is 0 Å². The van der Waals surface area contributed by atoms with Crippen LogP contribution >= 0.6 is 38.9 Å². The molecule has 12 heavy (non-hydrogen) atoms. The highest BCUT2D eigenvalue weighted by Crippen LogP contribution is 2.29. The fourth-order valence-electron chi connectivity index (χ4n) is 1.02. The van der Waals surface area contributed by atoms with Crippen molar-refractivity contribution in [2.45, 2.75) is 6.92 Å². The van der Waals surface area contributed by atoms with Crippen LogP contribution in [0.25, 0.3) is 10.2 Å². The van der Waals surface area contributed by atoms with Gasteiger partial charge >= 0.3 is 0 Å². The second-order valence-corrected chi connectivity index (χ2v) is 5.01. The lowest BCUT2D eigenvalue weighted by Gasteiger charge is -1.93. The number of aryl methyl sites for hydroxylation is 1. The molecule has 0 aliphatic rings. The van der Waals surface area contributed by atoms with Crippen LogP contribution in [-0.4, -0.2) is 9.97 Å². The molecule has 0 bridgehead atoms. The highest BCUT2D eigenvalue weighted by atomic mass is 79.9. The molecule has 0 fully saturated rings. The fourth-order valence-corrected chi connectivity index (χ4v) is 2.64. The van der Waals surface area contributed by atoms with Crippen molar-refractivity contribution >= 4 is 49.1 Å². The predicted octanol–water partition coefficient (Wildman–Crippen LogP) is 3.42. The average Bonchev–Trinajstić information content (AvgIpc) is 2.29. The van der Waals surface area contributed by atoms with E-state index in [0.717, 1.165) is 19.8 Å². The highest BCUT2D eigenvalue weighted by Gasteiger charge is 2.05. The Kier molecular flexibility index (Phi) is 2.06. The van der Waals surface area contributed by atoms with Gasteiger partial charge in [0.15, 0.2) is 3.92 Å². The first-order valence-electron chi connectivity index (χ1n) is 3.26. The minimum Gasteiger partial charge on any atom is -0.240 e. The van der Waals surface area contributed by atoms with E-state index >= 15 is 0 Å². The standard InChI is InChI=1S/C7H4BrClN2S/c1-3-6-4(2-5(9)10-3)11-7(8)12-6/h2H,1H3. The Hall–Kier alpha value is -0.190. The van der Waals surface area contributed by atoms with Gasteiger partial charge < -0.3 is 0 Å². The zero-order valence-corrected chi connectivity index (χ0v) is 9.29. The maximum atomic E-state index is 5.77. The van der Waals surface area contributed by atoms with E-state index in [1.54, 1.807) is 17.4 Å². The summed E-state index contributed by atoms with van der Waals surface area (Å²) in [7, 11) is 0. The molecular weight excluding hydrogens is 260 g/mol. The third-order valence-electron chi connectivity index (χ3n) is 1.49. The van der Waals surface area contributed by atoms with Crippen LogP contribution in [0, 0.1) is 6.92 Å². The van der Waals surface area contributed by atoms with Crippen molar-refractivity contribution < 1.29 is 0 Å². The molecule has 0 aliphatic heterocycles. The predicted molar refractivity (Wildman–Crippen MR) is 54.9 cm³/mol. The Morgan fingerprint density at radius 3 is 3.00 bits per heavy atom. The molecule has 0 N–H and O–H groups in total. The molecule has 0 amide bonds. The largest absolute Gasteiger partial charge is 0.240 e. The molecule has 2 aromatic rings. The molecule has 0 spiro atoms. The lowest BCUT2D eigenvalue weighted by molar-refractivity contribution is 1.24. The molecule has 0 aliphatic carbocycles. The van der Waals surface area contributed by atoms with E-state index in [-0.39, 0.29) is 0 Å². The third-order valence-corrected chi connectivity index (χ3v) is 3.31. The minimum atomic E-state index is 0.498. The van der Waals surface area contributed by atoms with Gasteiger partial charge in [-0.05, 0) is 22.9 Å². The van der Waals surface area contributed by atoms with Crippen molar-refractivity contribution in [1.82, 2.24) is 9.97 Å². The van der Waals surface area contributed by atoms with E-state index < -0.39 is 0 Å². The quantitative estimate of drug-likeness (QED) is 0.681. The summed E-state index contributed by atoms with van der Waals surface area (Å²) < 4.78 is 1.95. The molecule has 0 radical (unpaired) electrons. The Balaban J connectivity index is 2.88. The van der Waals surface area contributed by atoms with Crippen LogP contribution in [-0.2, 0) is 0 Å². The van der Waals surface area contributed by atoms with Gasteiger partial charge in [0, 0.05) is 6.07 Å². The molecule has 0 unspecified atom stereocenters. The number of hydrogen-bond donors (Lipinski definition) is 0. The van der Waals surface area contributed by atoms with Crippen LogP contribution in [0.3, 0.4) is 0 Å². The zero-order valence-electron chi connectivity index (χ0n) is 6.14. The van der Waals surface area contributed by atoms with Crippen LogP contribution in [0.2, 0.25) is 5.15 Å². The number of thiazole rings is 1. The summed E-state index contributed by atoms with van der Waals surface area (Å²) in [6, 6.07) is 1.77. The number of fused-ring (bicyclic) bond motifs is 1. The highest BCUT2D eigenvalue weighted by molar-refractivity contribution is 9.11. The van der Waals surface area contributed by atoms with Gasteiger partial charge in [-0.3, -0.25) is 0 Å². The molecule has 0 saturated heterocycles. The van der Waals surface area contributed by atoms with E-state index in [0.29, 0.717) is 5.15 Å². The first-order valence-corrected chi connectivity index (χ1v) is 5.25. The van der Waals surface area contributed by atoms with E-state index in [9.17, 15) is 0 Å². The third kappa shape index (κ3) is 1.34. The van der Waals surface area contributed by atoms with Gasteiger partial charge in [-0.2, -0.15) is 0 Å². The second-order valence-electron chi connectivity index (χ2n) is 2.35. The topological polar surface area (TPSA) is 25.8 Å². The van der Waals surface area contributed by atoms with Gasteiger partial charge in [0.1, 0.15) is 5.15 Å². The monoisotopic (exact) mass is 262 g/mol. The molecule has 62 valence electrons. The van der Waals surface area contributed by atoms with E-state index in [4.69, 9.17) is 11.6 Å². The van der Waals surface area contributed by atoms with E-state index in [1.165, 1.54) is 0 Å². The number of aromatic nitrogens is 2. The van der Waals surface area contributed by atoms with Crippen LogP contribution in [0.1, 0.15) is 5.69 Å². The van der Waals surface area contributed by atoms with Gasteiger partial charge in [0.05, 0.1) is 15.9 Å². The minimum absolute atomic E-state index is 0.498. The number of nitrogens with zero attached hydrogens (tertiary/aromatic N) is 2. The van der Waals surface area contributed by atoms with Crippen molar-refractivity contribution in [2.75, 3.05) is 0 Å². The molecule has 0 atom stereocenters. The Morgan fingerprint density at radius 2 is 2.25 bits per heavy atom. The zero-order chi connectivity index (χ0) is 8.72. The summed E-state index contributed by atoms with van der Waals surface area (Å²) in [5, 5.41) is 0.498. The molecule has 2 heterocycles. The first-order chi connectivity index (χ1) is 5.66. The van der Waals surface area contributed by atoms with Gasteiger partial charge in [-0.25, -0.2) is 9.97 Å². The molecular formula is C7H4BrClN2S.